The fourth-order valence-corrected chi connectivity index (χ4v) is 5.34. The van der Waals surface area contributed by atoms with Crippen LogP contribution in [0.5, 0.6) is 0 Å². The highest BCUT2D eigenvalue weighted by Gasteiger charge is 2.51. The van der Waals surface area contributed by atoms with E-state index in [2.05, 4.69) is 42.5 Å². The molecule has 6 aromatic carbocycles. The Labute approximate surface area is 252 Å². The maximum atomic E-state index is 9.00. The summed E-state index contributed by atoms with van der Waals surface area (Å²) >= 11 is 0. The molecule has 0 saturated carbocycles. The third kappa shape index (κ3) is 4.66. The van der Waals surface area contributed by atoms with Gasteiger partial charge in [-0.15, -0.1) is 0 Å². The first-order valence-corrected chi connectivity index (χ1v) is 13.8. The van der Waals surface area contributed by atoms with Crippen molar-refractivity contribution in [2.24, 2.45) is 0 Å². The molecule has 0 bridgehead atoms. The molecular formula is C38H33BO2. The minimum atomic E-state index is -0.761. The number of hydrogen-bond donors (Lipinski definition) is 0. The van der Waals surface area contributed by atoms with E-state index in [1.54, 1.807) is 6.07 Å². The fourth-order valence-electron chi connectivity index (χ4n) is 5.34. The lowest BCUT2D eigenvalue weighted by atomic mass is 9.76. The molecule has 0 atom stereocenters. The first kappa shape index (κ1) is 19.0. The molecule has 2 nitrogen and oxygen atoms in total. The van der Waals surface area contributed by atoms with E-state index >= 15 is 0 Å². The van der Waals surface area contributed by atoms with Gasteiger partial charge in [-0.1, -0.05) is 109 Å². The van der Waals surface area contributed by atoms with E-state index in [1.807, 2.05) is 64.1 Å². The summed E-state index contributed by atoms with van der Waals surface area (Å²) in [7, 11) is -0.761. The van der Waals surface area contributed by atoms with Gasteiger partial charge < -0.3 is 9.31 Å². The van der Waals surface area contributed by atoms with Crippen LogP contribution in [0.2, 0.25) is 0 Å². The summed E-state index contributed by atoms with van der Waals surface area (Å²) in [6.45, 7) is 7.87. The molecule has 1 fully saturated rings. The van der Waals surface area contributed by atoms with Crippen LogP contribution in [0.1, 0.15) is 37.3 Å². The van der Waals surface area contributed by atoms with Crippen LogP contribution in [0.3, 0.4) is 0 Å². The van der Waals surface area contributed by atoms with E-state index in [9.17, 15) is 0 Å². The molecule has 6 aromatic rings. The van der Waals surface area contributed by atoms with Gasteiger partial charge in [-0.25, -0.2) is 0 Å². The molecule has 1 saturated heterocycles. The van der Waals surface area contributed by atoms with Crippen LogP contribution in [0.25, 0.3) is 54.9 Å². The zero-order valence-corrected chi connectivity index (χ0v) is 23.5. The molecule has 0 amide bonds. The van der Waals surface area contributed by atoms with E-state index in [0.717, 1.165) is 33.0 Å². The highest BCUT2D eigenvalue weighted by atomic mass is 16.7. The molecule has 0 radical (unpaired) electrons. The summed E-state index contributed by atoms with van der Waals surface area (Å²) in [5.41, 5.74) is 3.95. The molecule has 7 rings (SSSR count). The van der Waals surface area contributed by atoms with Crippen molar-refractivity contribution in [2.45, 2.75) is 38.9 Å². The third-order valence-corrected chi connectivity index (χ3v) is 8.36. The van der Waals surface area contributed by atoms with E-state index in [4.69, 9.17) is 18.9 Å². The quantitative estimate of drug-likeness (QED) is 0.208. The lowest BCUT2D eigenvalue weighted by Gasteiger charge is -2.32. The molecule has 0 aliphatic carbocycles. The van der Waals surface area contributed by atoms with Crippen LogP contribution in [0.4, 0.5) is 0 Å². The SMILES string of the molecule is [2H]c1c([2H])c([2H])c2c(-c3cc(B4OC(C)(C)C(C)(C)O4)cc(-c4ccc5cc(-c6ccccc6)ccc5c4)c3)c([2H])c([2H])c([2H])c2c1[2H]. The summed E-state index contributed by atoms with van der Waals surface area (Å²) in [6.07, 6.45) is 0. The molecule has 1 aliphatic rings. The molecule has 3 heteroatoms. The largest absolute Gasteiger partial charge is 0.494 e. The summed E-state index contributed by atoms with van der Waals surface area (Å²) in [5, 5.41) is 2.06. The Morgan fingerprint density at radius 1 is 0.537 bits per heavy atom. The maximum Gasteiger partial charge on any atom is 0.494 e. The zero-order chi connectivity index (χ0) is 34.3. The van der Waals surface area contributed by atoms with Gasteiger partial charge in [0.2, 0.25) is 0 Å². The number of hydrogen-bond acceptors (Lipinski definition) is 2. The molecule has 0 unspecified atom stereocenters. The molecule has 200 valence electrons. The van der Waals surface area contributed by atoms with Gasteiger partial charge in [0, 0.05) is 0 Å². The van der Waals surface area contributed by atoms with Crippen LogP contribution < -0.4 is 5.46 Å². The van der Waals surface area contributed by atoms with E-state index in [1.165, 1.54) is 0 Å². The van der Waals surface area contributed by atoms with Crippen LogP contribution in [0, 0.1) is 0 Å². The second-order valence-corrected chi connectivity index (χ2v) is 11.6. The van der Waals surface area contributed by atoms with Crippen molar-refractivity contribution in [3.63, 3.8) is 0 Å². The first-order valence-electron chi connectivity index (χ1n) is 17.3. The van der Waals surface area contributed by atoms with Gasteiger partial charge in [0.05, 0.1) is 20.8 Å². The average Bonchev–Trinajstić information content (AvgIpc) is 3.30. The molecule has 0 spiro atoms. The summed E-state index contributed by atoms with van der Waals surface area (Å²) in [6, 6.07) is 25.6. The molecular weight excluding hydrogens is 499 g/mol. The standard InChI is InChI=1S/C38H33BO2/c1-37(2)38(3,4)41-39(40-37)34-24-32(23-33(25-34)36-16-10-14-27-13-8-9-15-35(27)36)31-20-19-29-21-28(17-18-30(29)22-31)26-11-6-5-7-12-26/h5-25H,1-4H3/i8D,9D,10D,13D,14D,15D,16D. The van der Waals surface area contributed by atoms with Gasteiger partial charge in [-0.3, -0.25) is 0 Å². The minimum absolute atomic E-state index is 0.0379. The van der Waals surface area contributed by atoms with E-state index in [-0.39, 0.29) is 28.4 Å². The Hall–Kier alpha value is -4.18. The number of fused-ring (bicyclic) bond motifs is 2. The lowest BCUT2D eigenvalue weighted by molar-refractivity contribution is 0.00578. The third-order valence-electron chi connectivity index (χ3n) is 8.36. The molecule has 1 aliphatic heterocycles. The highest BCUT2D eigenvalue weighted by Crippen LogP contribution is 2.38. The van der Waals surface area contributed by atoms with Gasteiger partial charge in [-0.2, -0.15) is 0 Å². The summed E-state index contributed by atoms with van der Waals surface area (Å²) in [4.78, 5) is 0. The maximum absolute atomic E-state index is 9.00. The van der Waals surface area contributed by atoms with Gasteiger partial charge in [0.1, 0.15) is 0 Å². The summed E-state index contributed by atoms with van der Waals surface area (Å²) < 4.78 is 73.2. The molecule has 0 aromatic heterocycles. The normalized spacial score (nSPS) is 18.3. The Kier molecular flexibility index (Phi) is 4.52. The van der Waals surface area contributed by atoms with Crippen molar-refractivity contribution >= 4 is 34.1 Å². The van der Waals surface area contributed by atoms with Crippen molar-refractivity contribution in [2.75, 3.05) is 0 Å². The number of benzene rings is 6. The summed E-state index contributed by atoms with van der Waals surface area (Å²) in [5.74, 6) is 0. The molecule has 0 N–H and O–H groups in total. The Bertz CT molecular complexity index is 2260. The second kappa shape index (κ2) is 9.73. The van der Waals surface area contributed by atoms with E-state index < -0.39 is 48.5 Å². The van der Waals surface area contributed by atoms with Crippen molar-refractivity contribution < 1.29 is 18.9 Å². The van der Waals surface area contributed by atoms with Crippen molar-refractivity contribution in [1.82, 2.24) is 0 Å². The predicted molar refractivity (Wildman–Crippen MR) is 173 cm³/mol. The Morgan fingerprint density at radius 2 is 1.15 bits per heavy atom. The zero-order valence-electron chi connectivity index (χ0n) is 30.5. The van der Waals surface area contributed by atoms with Crippen molar-refractivity contribution in [1.29, 1.82) is 0 Å². The highest BCUT2D eigenvalue weighted by molar-refractivity contribution is 6.62. The predicted octanol–water partition coefficient (Wildman–Crippen LogP) is 9.29. The smallest absolute Gasteiger partial charge is 0.399 e. The van der Waals surface area contributed by atoms with Crippen LogP contribution >= 0.6 is 0 Å². The van der Waals surface area contributed by atoms with Crippen molar-refractivity contribution in [3.05, 3.63) is 127 Å². The number of rotatable bonds is 4. The van der Waals surface area contributed by atoms with Gasteiger partial charge in [-0.05, 0) is 106 Å². The topological polar surface area (TPSA) is 18.5 Å². The monoisotopic (exact) mass is 539 g/mol. The van der Waals surface area contributed by atoms with Crippen LogP contribution in [-0.2, 0) is 9.31 Å². The van der Waals surface area contributed by atoms with Crippen LogP contribution in [-0.4, -0.2) is 18.3 Å². The van der Waals surface area contributed by atoms with Crippen molar-refractivity contribution in [3.8, 4) is 33.4 Å². The minimum Gasteiger partial charge on any atom is -0.399 e. The van der Waals surface area contributed by atoms with Gasteiger partial charge in [0.25, 0.3) is 0 Å². The average molecular weight is 540 g/mol. The van der Waals surface area contributed by atoms with E-state index in [0.29, 0.717) is 11.0 Å². The Balaban J connectivity index is 1.47. The van der Waals surface area contributed by atoms with Gasteiger partial charge >= 0.3 is 7.12 Å². The Morgan fingerprint density at radius 3 is 1.85 bits per heavy atom. The van der Waals surface area contributed by atoms with Gasteiger partial charge in [0.15, 0.2) is 0 Å². The fraction of sp³-hybridized carbons (Fsp3) is 0.158. The molecule has 1 heterocycles. The lowest BCUT2D eigenvalue weighted by Crippen LogP contribution is -2.41. The molecule has 41 heavy (non-hydrogen) atoms. The van der Waals surface area contributed by atoms with Crippen LogP contribution in [0.15, 0.2) is 127 Å². The second-order valence-electron chi connectivity index (χ2n) is 11.6. The first-order chi connectivity index (χ1) is 22.7.